The number of carboxylic acids is 1. The van der Waals surface area contributed by atoms with Crippen LogP contribution in [0.25, 0.3) is 0 Å². The number of nitrogens with zero attached hydrogens (tertiary/aromatic N) is 1. The van der Waals surface area contributed by atoms with Crippen LogP contribution in [0.1, 0.15) is 20.3 Å². The molecule has 0 radical (unpaired) electrons. The average molecular weight is 280 g/mol. The monoisotopic (exact) mass is 280 g/mol. The molecule has 0 aliphatic heterocycles. The molecule has 1 unspecified atom stereocenters. The molecule has 1 atom stereocenters. The normalized spacial score (nSPS) is 13.2. The van der Waals surface area contributed by atoms with Crippen molar-refractivity contribution in [2.24, 2.45) is 0 Å². The fourth-order valence-electron chi connectivity index (χ4n) is 1.07. The Morgan fingerprint density at radius 2 is 1.83 bits per heavy atom. The lowest BCUT2D eigenvalue weighted by Gasteiger charge is -2.24. The first kappa shape index (κ1) is 16.7. The maximum atomic E-state index is 11.6. The van der Waals surface area contributed by atoms with Crippen molar-refractivity contribution >= 4 is 21.8 Å². The predicted octanol–water partition coefficient (Wildman–Crippen LogP) is -0.0759. The summed E-state index contributed by atoms with van der Waals surface area (Å²) in [6, 6.07) is -1.81. The Morgan fingerprint density at radius 1 is 1.33 bits per heavy atom. The molecular formula is C10H20N2O5S. The molecule has 0 rings (SSSR count). The lowest BCUT2D eigenvalue weighted by Crippen LogP contribution is -2.49. The molecule has 0 saturated carbocycles. The van der Waals surface area contributed by atoms with E-state index in [1.165, 1.54) is 11.9 Å². The number of carbonyl (C=O) groups is 2. The summed E-state index contributed by atoms with van der Waals surface area (Å²) in [4.78, 5) is 23.9. The van der Waals surface area contributed by atoms with Crippen LogP contribution < -0.4 is 5.32 Å². The van der Waals surface area contributed by atoms with E-state index in [9.17, 15) is 18.0 Å². The van der Waals surface area contributed by atoms with Crippen LogP contribution in [0.3, 0.4) is 0 Å². The topological polar surface area (TPSA) is 104 Å². The molecular weight excluding hydrogens is 260 g/mol. The van der Waals surface area contributed by atoms with E-state index in [1.807, 2.05) is 0 Å². The number of aliphatic carboxylic acids is 1. The standard InChI is InChI=1S/C10H20N2O5S/c1-7(2)12(3)10(15)11-8(9(13)14)5-6-18(4,16)17/h7-8H,5-6H2,1-4H3,(H,11,15)(H,13,14). The zero-order valence-corrected chi connectivity index (χ0v) is 11.8. The van der Waals surface area contributed by atoms with E-state index >= 15 is 0 Å². The molecule has 0 aromatic heterocycles. The van der Waals surface area contributed by atoms with Crippen molar-refractivity contribution in [3.8, 4) is 0 Å². The van der Waals surface area contributed by atoms with Gasteiger partial charge < -0.3 is 15.3 Å². The predicted molar refractivity (Wildman–Crippen MR) is 67.2 cm³/mol. The van der Waals surface area contributed by atoms with Gasteiger partial charge in [0.1, 0.15) is 15.9 Å². The van der Waals surface area contributed by atoms with Gasteiger partial charge in [-0.2, -0.15) is 0 Å². The van der Waals surface area contributed by atoms with Gasteiger partial charge in [0.05, 0.1) is 5.75 Å². The number of rotatable bonds is 6. The molecule has 0 aliphatic rings. The number of urea groups is 1. The van der Waals surface area contributed by atoms with Gasteiger partial charge in [0, 0.05) is 19.3 Å². The van der Waals surface area contributed by atoms with Gasteiger partial charge in [0.2, 0.25) is 0 Å². The highest BCUT2D eigenvalue weighted by Gasteiger charge is 2.23. The van der Waals surface area contributed by atoms with Crippen LogP contribution in [-0.2, 0) is 14.6 Å². The Bertz CT molecular complexity index is 404. The molecule has 0 heterocycles. The molecule has 0 aromatic carbocycles. The largest absolute Gasteiger partial charge is 0.480 e. The minimum absolute atomic E-state index is 0.0747. The van der Waals surface area contributed by atoms with Gasteiger partial charge in [-0.3, -0.25) is 0 Å². The van der Waals surface area contributed by atoms with Crippen LogP contribution >= 0.6 is 0 Å². The third-order valence-corrected chi connectivity index (χ3v) is 3.45. The Hall–Kier alpha value is -1.31. The Morgan fingerprint density at radius 3 is 2.17 bits per heavy atom. The van der Waals surface area contributed by atoms with Crippen molar-refractivity contribution in [1.29, 1.82) is 0 Å². The second-order valence-electron chi connectivity index (χ2n) is 4.46. The van der Waals surface area contributed by atoms with E-state index in [2.05, 4.69) is 5.32 Å². The lowest BCUT2D eigenvalue weighted by atomic mass is 10.2. The van der Waals surface area contributed by atoms with Gasteiger partial charge in [-0.25, -0.2) is 18.0 Å². The molecule has 18 heavy (non-hydrogen) atoms. The molecule has 106 valence electrons. The van der Waals surface area contributed by atoms with E-state index in [-0.39, 0.29) is 18.2 Å². The van der Waals surface area contributed by atoms with Crippen LogP contribution in [0.15, 0.2) is 0 Å². The first-order valence-corrected chi connectivity index (χ1v) is 7.54. The summed E-state index contributed by atoms with van der Waals surface area (Å²) in [5.74, 6) is -1.53. The summed E-state index contributed by atoms with van der Waals surface area (Å²) in [6.07, 6.45) is 0.875. The minimum atomic E-state index is -3.25. The number of nitrogens with one attached hydrogen (secondary N) is 1. The maximum Gasteiger partial charge on any atom is 0.326 e. The van der Waals surface area contributed by atoms with Crippen LogP contribution in [0.5, 0.6) is 0 Å². The second-order valence-corrected chi connectivity index (χ2v) is 6.72. The molecule has 0 aromatic rings. The zero-order chi connectivity index (χ0) is 14.5. The van der Waals surface area contributed by atoms with Gasteiger partial charge in [-0.05, 0) is 20.3 Å². The summed E-state index contributed by atoms with van der Waals surface area (Å²) in [7, 11) is -1.72. The van der Waals surface area contributed by atoms with Crippen LogP contribution in [0.2, 0.25) is 0 Å². The molecule has 2 amide bonds. The first-order valence-electron chi connectivity index (χ1n) is 5.48. The number of carbonyl (C=O) groups excluding carboxylic acids is 1. The second kappa shape index (κ2) is 6.58. The summed E-state index contributed by atoms with van der Waals surface area (Å²) in [5.41, 5.74) is 0. The molecule has 7 nitrogen and oxygen atoms in total. The third-order valence-electron chi connectivity index (χ3n) is 2.47. The Labute approximate surface area is 107 Å². The lowest BCUT2D eigenvalue weighted by molar-refractivity contribution is -0.139. The number of hydrogen-bond acceptors (Lipinski definition) is 4. The minimum Gasteiger partial charge on any atom is -0.480 e. The fraction of sp³-hybridized carbons (Fsp3) is 0.800. The van der Waals surface area contributed by atoms with E-state index in [0.717, 1.165) is 6.26 Å². The Kier molecular flexibility index (Phi) is 6.10. The summed E-state index contributed by atoms with van der Waals surface area (Å²) in [6.45, 7) is 3.57. The van der Waals surface area contributed by atoms with Crippen molar-refractivity contribution < 1.29 is 23.1 Å². The van der Waals surface area contributed by atoms with Crippen LogP contribution in [0.4, 0.5) is 4.79 Å². The molecule has 0 bridgehead atoms. The molecule has 0 fully saturated rings. The van der Waals surface area contributed by atoms with Crippen LogP contribution in [-0.4, -0.2) is 61.6 Å². The van der Waals surface area contributed by atoms with Gasteiger partial charge in [0.25, 0.3) is 0 Å². The highest BCUT2D eigenvalue weighted by molar-refractivity contribution is 7.90. The summed E-state index contributed by atoms with van der Waals surface area (Å²) < 4.78 is 21.9. The number of hydrogen-bond donors (Lipinski definition) is 2. The smallest absolute Gasteiger partial charge is 0.326 e. The molecule has 0 spiro atoms. The van der Waals surface area contributed by atoms with Crippen molar-refractivity contribution in [2.45, 2.75) is 32.4 Å². The SMILES string of the molecule is CC(C)N(C)C(=O)NC(CCS(C)(=O)=O)C(=O)O. The zero-order valence-electron chi connectivity index (χ0n) is 11.0. The van der Waals surface area contributed by atoms with Crippen molar-refractivity contribution in [1.82, 2.24) is 10.2 Å². The van der Waals surface area contributed by atoms with E-state index < -0.39 is 27.9 Å². The van der Waals surface area contributed by atoms with Gasteiger partial charge in [0.15, 0.2) is 0 Å². The van der Waals surface area contributed by atoms with Crippen molar-refractivity contribution in [3.05, 3.63) is 0 Å². The summed E-state index contributed by atoms with van der Waals surface area (Å²) in [5, 5.41) is 11.2. The molecule has 0 saturated heterocycles. The van der Waals surface area contributed by atoms with E-state index in [0.29, 0.717) is 0 Å². The molecule has 0 aliphatic carbocycles. The van der Waals surface area contributed by atoms with Crippen molar-refractivity contribution in [2.75, 3.05) is 19.1 Å². The van der Waals surface area contributed by atoms with Crippen molar-refractivity contribution in [3.63, 3.8) is 0 Å². The van der Waals surface area contributed by atoms with Gasteiger partial charge >= 0.3 is 12.0 Å². The number of sulfone groups is 1. The van der Waals surface area contributed by atoms with Gasteiger partial charge in [-0.15, -0.1) is 0 Å². The first-order chi connectivity index (χ1) is 8.04. The highest BCUT2D eigenvalue weighted by atomic mass is 32.2. The number of carboxylic acid groups (broad SMARTS) is 1. The van der Waals surface area contributed by atoms with E-state index in [1.54, 1.807) is 13.8 Å². The highest BCUT2D eigenvalue weighted by Crippen LogP contribution is 2.00. The van der Waals surface area contributed by atoms with Crippen LogP contribution in [0, 0.1) is 0 Å². The fourth-order valence-corrected chi connectivity index (χ4v) is 1.74. The number of amides is 2. The van der Waals surface area contributed by atoms with Gasteiger partial charge in [-0.1, -0.05) is 0 Å². The summed E-state index contributed by atoms with van der Waals surface area (Å²) >= 11 is 0. The third kappa shape index (κ3) is 6.43. The average Bonchev–Trinajstić information content (AvgIpc) is 2.20. The Balaban J connectivity index is 4.55. The quantitative estimate of drug-likeness (QED) is 0.708. The van der Waals surface area contributed by atoms with E-state index in [4.69, 9.17) is 5.11 Å². The molecule has 8 heteroatoms. The maximum absolute atomic E-state index is 11.6. The molecule has 2 N–H and O–H groups in total.